The Labute approximate surface area is 91.0 Å². The molecule has 0 aliphatic heterocycles. The highest BCUT2D eigenvalue weighted by molar-refractivity contribution is 6.68. The van der Waals surface area contributed by atoms with Crippen LogP contribution in [0.4, 0.5) is 18.9 Å². The highest BCUT2D eigenvalue weighted by Crippen LogP contribution is 2.31. The van der Waals surface area contributed by atoms with Crippen LogP contribution >= 0.6 is 11.6 Å². The van der Waals surface area contributed by atoms with Crippen LogP contribution in [0.3, 0.4) is 0 Å². The van der Waals surface area contributed by atoms with E-state index in [0.717, 1.165) is 0 Å². The number of alkyl halides is 2. The average molecular weight is 255 g/mol. The van der Waals surface area contributed by atoms with Crippen LogP contribution in [-0.2, 0) is 0 Å². The SMILES string of the molecule is O=C(Cl)c1cc(F)nc(C(F)F)c1[N+](=O)[O-]. The first-order valence-corrected chi connectivity index (χ1v) is 4.05. The first-order valence-electron chi connectivity index (χ1n) is 3.67. The summed E-state index contributed by atoms with van der Waals surface area (Å²) in [4.78, 5) is 22.6. The van der Waals surface area contributed by atoms with E-state index in [-0.39, 0.29) is 0 Å². The monoisotopic (exact) mass is 254 g/mol. The number of carbonyl (C=O) groups excluding carboxylic acids is 1. The van der Waals surface area contributed by atoms with Crippen molar-refractivity contribution in [2.24, 2.45) is 0 Å². The van der Waals surface area contributed by atoms with Gasteiger partial charge in [-0.05, 0) is 11.6 Å². The molecule has 0 unspecified atom stereocenters. The molecule has 0 spiro atoms. The van der Waals surface area contributed by atoms with Crippen LogP contribution in [0, 0.1) is 16.1 Å². The molecular weight excluding hydrogens is 253 g/mol. The molecule has 5 nitrogen and oxygen atoms in total. The molecule has 1 aromatic rings. The predicted octanol–water partition coefficient (Wildman–Crippen LogP) is 2.45. The van der Waals surface area contributed by atoms with E-state index < -0.39 is 39.5 Å². The maximum Gasteiger partial charge on any atom is 0.308 e. The summed E-state index contributed by atoms with van der Waals surface area (Å²) < 4.78 is 37.4. The fourth-order valence-corrected chi connectivity index (χ4v) is 1.16. The Hall–Kier alpha value is -1.70. The summed E-state index contributed by atoms with van der Waals surface area (Å²) >= 11 is 4.92. The van der Waals surface area contributed by atoms with Crippen LogP contribution < -0.4 is 0 Å². The minimum absolute atomic E-state index is 0.333. The summed E-state index contributed by atoms with van der Waals surface area (Å²) in [6, 6.07) is 0.333. The lowest BCUT2D eigenvalue weighted by Crippen LogP contribution is -2.07. The van der Waals surface area contributed by atoms with E-state index in [1.807, 2.05) is 0 Å². The van der Waals surface area contributed by atoms with Crippen molar-refractivity contribution in [2.75, 3.05) is 0 Å². The van der Waals surface area contributed by atoms with Crippen LogP contribution in [0.5, 0.6) is 0 Å². The van der Waals surface area contributed by atoms with E-state index in [4.69, 9.17) is 11.6 Å². The Morgan fingerprint density at radius 1 is 1.56 bits per heavy atom. The third-order valence-electron chi connectivity index (χ3n) is 1.59. The van der Waals surface area contributed by atoms with E-state index in [1.165, 1.54) is 0 Å². The van der Waals surface area contributed by atoms with Crippen LogP contribution in [-0.4, -0.2) is 15.1 Å². The van der Waals surface area contributed by atoms with Crippen molar-refractivity contribution in [3.8, 4) is 0 Å². The number of hydrogen-bond acceptors (Lipinski definition) is 4. The van der Waals surface area contributed by atoms with E-state index in [1.54, 1.807) is 0 Å². The lowest BCUT2D eigenvalue weighted by atomic mass is 10.2. The van der Waals surface area contributed by atoms with Gasteiger partial charge in [0.1, 0.15) is 5.56 Å². The minimum atomic E-state index is -3.38. The fraction of sp³-hybridized carbons (Fsp3) is 0.143. The Morgan fingerprint density at radius 2 is 2.12 bits per heavy atom. The molecule has 0 aliphatic rings. The quantitative estimate of drug-likeness (QED) is 0.359. The zero-order valence-corrected chi connectivity index (χ0v) is 8.04. The van der Waals surface area contributed by atoms with Crippen molar-refractivity contribution in [1.29, 1.82) is 0 Å². The number of pyridine rings is 1. The molecular formula is C7H2ClF3N2O3. The number of aromatic nitrogens is 1. The molecule has 0 amide bonds. The highest BCUT2D eigenvalue weighted by Gasteiger charge is 2.31. The number of nitro groups is 1. The molecule has 0 N–H and O–H groups in total. The van der Waals surface area contributed by atoms with Gasteiger partial charge in [0.2, 0.25) is 5.95 Å². The maximum absolute atomic E-state index is 12.7. The number of carbonyl (C=O) groups is 1. The van der Waals surface area contributed by atoms with Gasteiger partial charge in [-0.15, -0.1) is 0 Å². The van der Waals surface area contributed by atoms with Gasteiger partial charge in [0.05, 0.1) is 4.92 Å². The van der Waals surface area contributed by atoms with E-state index in [2.05, 4.69) is 4.98 Å². The predicted molar refractivity (Wildman–Crippen MR) is 46.0 cm³/mol. The van der Waals surface area contributed by atoms with Gasteiger partial charge in [-0.25, -0.2) is 13.8 Å². The lowest BCUT2D eigenvalue weighted by molar-refractivity contribution is -0.386. The summed E-state index contributed by atoms with van der Waals surface area (Å²) in [5.41, 5.74) is -3.65. The van der Waals surface area contributed by atoms with Crippen molar-refractivity contribution in [2.45, 2.75) is 6.43 Å². The molecule has 1 heterocycles. The molecule has 86 valence electrons. The standard InChI is InChI=1S/C7H2ClF3N2O3/c8-6(14)2-1-3(9)12-4(7(10)11)5(2)13(15)16/h1,7H. The summed E-state index contributed by atoms with van der Waals surface area (Å²) in [6.45, 7) is 0. The van der Waals surface area contributed by atoms with Crippen LogP contribution in [0.2, 0.25) is 0 Å². The fourth-order valence-electron chi connectivity index (χ4n) is 1.02. The molecule has 16 heavy (non-hydrogen) atoms. The molecule has 0 radical (unpaired) electrons. The van der Waals surface area contributed by atoms with Crippen LogP contribution in [0.15, 0.2) is 6.07 Å². The molecule has 0 saturated carbocycles. The summed E-state index contributed by atoms with van der Waals surface area (Å²) in [5.74, 6) is -1.44. The van der Waals surface area contributed by atoms with Gasteiger partial charge in [-0.1, -0.05) is 0 Å². The Kier molecular flexibility index (Phi) is 3.43. The van der Waals surface area contributed by atoms with Crippen LogP contribution in [0.1, 0.15) is 22.5 Å². The topological polar surface area (TPSA) is 73.1 Å². The molecule has 0 bridgehead atoms. The lowest BCUT2D eigenvalue weighted by Gasteiger charge is -2.03. The van der Waals surface area contributed by atoms with E-state index in [9.17, 15) is 28.1 Å². The van der Waals surface area contributed by atoms with Crippen molar-refractivity contribution in [3.63, 3.8) is 0 Å². The smallest absolute Gasteiger partial charge is 0.275 e. The highest BCUT2D eigenvalue weighted by atomic mass is 35.5. The van der Waals surface area contributed by atoms with Crippen molar-refractivity contribution >= 4 is 22.5 Å². The number of rotatable bonds is 3. The van der Waals surface area contributed by atoms with Crippen LogP contribution in [0.25, 0.3) is 0 Å². The Morgan fingerprint density at radius 3 is 2.50 bits per heavy atom. The molecule has 1 rings (SSSR count). The van der Waals surface area contributed by atoms with Gasteiger partial charge in [0.25, 0.3) is 11.7 Å². The summed E-state index contributed by atoms with van der Waals surface area (Å²) in [7, 11) is 0. The Balaban J connectivity index is 3.60. The van der Waals surface area contributed by atoms with Gasteiger partial charge < -0.3 is 0 Å². The molecule has 9 heteroatoms. The second-order valence-corrected chi connectivity index (χ2v) is 2.90. The van der Waals surface area contributed by atoms with Gasteiger partial charge in [0, 0.05) is 6.07 Å². The number of hydrogen-bond donors (Lipinski definition) is 0. The second kappa shape index (κ2) is 4.44. The minimum Gasteiger partial charge on any atom is -0.275 e. The second-order valence-electron chi connectivity index (χ2n) is 2.56. The average Bonchev–Trinajstić information content (AvgIpc) is 2.15. The number of nitrogens with zero attached hydrogens (tertiary/aromatic N) is 2. The molecule has 0 aromatic carbocycles. The molecule has 0 fully saturated rings. The zero-order valence-electron chi connectivity index (χ0n) is 7.29. The normalized spacial score (nSPS) is 10.6. The first-order chi connectivity index (χ1) is 7.34. The number of halogens is 4. The van der Waals surface area contributed by atoms with Crippen molar-refractivity contribution in [1.82, 2.24) is 4.98 Å². The van der Waals surface area contributed by atoms with Gasteiger partial charge in [0.15, 0.2) is 5.69 Å². The van der Waals surface area contributed by atoms with E-state index >= 15 is 0 Å². The molecule has 0 saturated heterocycles. The third kappa shape index (κ3) is 2.27. The molecule has 0 aliphatic carbocycles. The van der Waals surface area contributed by atoms with Gasteiger partial charge in [-0.3, -0.25) is 14.9 Å². The summed E-state index contributed by atoms with van der Waals surface area (Å²) in [6.07, 6.45) is -3.38. The third-order valence-corrected chi connectivity index (χ3v) is 1.79. The first kappa shape index (κ1) is 12.4. The van der Waals surface area contributed by atoms with Crippen molar-refractivity contribution in [3.05, 3.63) is 33.4 Å². The van der Waals surface area contributed by atoms with E-state index in [0.29, 0.717) is 6.07 Å². The maximum atomic E-state index is 12.7. The largest absolute Gasteiger partial charge is 0.308 e. The molecule has 1 aromatic heterocycles. The zero-order chi connectivity index (χ0) is 12.5. The molecule has 0 atom stereocenters. The van der Waals surface area contributed by atoms with Gasteiger partial charge >= 0.3 is 5.69 Å². The van der Waals surface area contributed by atoms with Gasteiger partial charge in [-0.2, -0.15) is 4.39 Å². The van der Waals surface area contributed by atoms with Crippen molar-refractivity contribution < 1.29 is 22.9 Å². The summed E-state index contributed by atoms with van der Waals surface area (Å²) in [5, 5.41) is 9.05. The Bertz CT molecular complexity index is 466.